The van der Waals surface area contributed by atoms with Crippen LogP contribution in [0.25, 0.3) is 0 Å². The van der Waals surface area contributed by atoms with Crippen LogP contribution in [0, 0.1) is 0 Å². The number of carbonyl (C=O) groups is 1. The van der Waals surface area contributed by atoms with E-state index < -0.39 is 0 Å². The molecule has 0 amide bonds. The SMILES string of the molecule is COC(=O)c1cc(Br)cc(NC2COC2)c1. The highest BCUT2D eigenvalue weighted by molar-refractivity contribution is 9.10. The number of esters is 1. The molecule has 0 spiro atoms. The van der Waals surface area contributed by atoms with Crippen LogP contribution in [0.2, 0.25) is 0 Å². The van der Waals surface area contributed by atoms with Crippen LogP contribution in [-0.4, -0.2) is 32.3 Å². The van der Waals surface area contributed by atoms with Crippen molar-refractivity contribution in [1.29, 1.82) is 0 Å². The first kappa shape index (κ1) is 11.4. The second-order valence-electron chi connectivity index (χ2n) is 3.60. The molecule has 1 N–H and O–H groups in total. The number of carbonyl (C=O) groups excluding carboxylic acids is 1. The summed E-state index contributed by atoms with van der Waals surface area (Å²) in [5.74, 6) is -0.339. The van der Waals surface area contributed by atoms with E-state index in [4.69, 9.17) is 4.74 Å². The zero-order chi connectivity index (χ0) is 11.5. The molecular weight excluding hydrogens is 274 g/mol. The number of anilines is 1. The maximum atomic E-state index is 11.4. The largest absolute Gasteiger partial charge is 0.465 e. The standard InChI is InChI=1S/C11H12BrNO3/c1-15-11(14)7-2-8(12)4-9(3-7)13-10-5-16-6-10/h2-4,10,13H,5-6H2,1H3. The number of nitrogens with one attached hydrogen (secondary N) is 1. The van der Waals surface area contributed by atoms with Crippen LogP contribution in [0.4, 0.5) is 5.69 Å². The second-order valence-corrected chi connectivity index (χ2v) is 4.51. The summed E-state index contributed by atoms with van der Waals surface area (Å²) in [5.41, 5.74) is 1.42. The molecule has 0 unspecified atom stereocenters. The van der Waals surface area contributed by atoms with Crippen molar-refractivity contribution in [2.75, 3.05) is 25.6 Å². The Labute approximate surface area is 102 Å². The van der Waals surface area contributed by atoms with E-state index in [-0.39, 0.29) is 5.97 Å². The molecular formula is C11H12BrNO3. The molecule has 86 valence electrons. The van der Waals surface area contributed by atoms with E-state index in [0.29, 0.717) is 24.8 Å². The van der Waals surface area contributed by atoms with E-state index in [0.717, 1.165) is 10.2 Å². The minimum atomic E-state index is -0.339. The Kier molecular flexibility index (Phi) is 3.46. The lowest BCUT2D eigenvalue weighted by Crippen LogP contribution is -2.40. The summed E-state index contributed by atoms with van der Waals surface area (Å²) in [6.45, 7) is 1.42. The van der Waals surface area contributed by atoms with Gasteiger partial charge in [0, 0.05) is 10.2 Å². The number of hydrogen-bond acceptors (Lipinski definition) is 4. The lowest BCUT2D eigenvalue weighted by Gasteiger charge is -2.28. The number of ether oxygens (including phenoxy) is 2. The highest BCUT2D eigenvalue weighted by atomic mass is 79.9. The Morgan fingerprint density at radius 1 is 1.50 bits per heavy atom. The summed E-state index contributed by atoms with van der Waals surface area (Å²) in [5, 5.41) is 3.28. The molecule has 0 atom stereocenters. The van der Waals surface area contributed by atoms with Gasteiger partial charge in [0.15, 0.2) is 0 Å². The Balaban J connectivity index is 2.17. The first-order valence-corrected chi connectivity index (χ1v) is 5.71. The third kappa shape index (κ3) is 2.54. The van der Waals surface area contributed by atoms with Gasteiger partial charge < -0.3 is 14.8 Å². The fourth-order valence-corrected chi connectivity index (χ4v) is 1.96. The monoisotopic (exact) mass is 285 g/mol. The molecule has 1 fully saturated rings. The fraction of sp³-hybridized carbons (Fsp3) is 0.364. The molecule has 5 heteroatoms. The van der Waals surface area contributed by atoms with Gasteiger partial charge in [0.05, 0.1) is 31.9 Å². The molecule has 0 aliphatic carbocycles. The van der Waals surface area contributed by atoms with Crippen molar-refractivity contribution in [3.8, 4) is 0 Å². The quantitative estimate of drug-likeness (QED) is 0.864. The Hall–Kier alpha value is -1.07. The van der Waals surface area contributed by atoms with Gasteiger partial charge in [0.1, 0.15) is 0 Å². The zero-order valence-corrected chi connectivity index (χ0v) is 10.4. The summed E-state index contributed by atoms with van der Waals surface area (Å²) in [6.07, 6.45) is 0. The molecule has 0 aromatic heterocycles. The van der Waals surface area contributed by atoms with E-state index in [1.165, 1.54) is 7.11 Å². The van der Waals surface area contributed by atoms with Crippen molar-refractivity contribution in [1.82, 2.24) is 0 Å². The van der Waals surface area contributed by atoms with Crippen molar-refractivity contribution >= 4 is 27.6 Å². The van der Waals surface area contributed by atoms with Crippen LogP contribution < -0.4 is 5.32 Å². The molecule has 4 nitrogen and oxygen atoms in total. The van der Waals surface area contributed by atoms with Gasteiger partial charge in [0.25, 0.3) is 0 Å². The summed E-state index contributed by atoms with van der Waals surface area (Å²) >= 11 is 3.36. The molecule has 1 aromatic carbocycles. The smallest absolute Gasteiger partial charge is 0.337 e. The van der Waals surface area contributed by atoms with E-state index in [9.17, 15) is 4.79 Å². The fourth-order valence-electron chi connectivity index (χ4n) is 1.46. The van der Waals surface area contributed by atoms with Crippen LogP contribution >= 0.6 is 15.9 Å². The number of rotatable bonds is 3. The molecule has 1 heterocycles. The van der Waals surface area contributed by atoms with Crippen molar-refractivity contribution in [3.05, 3.63) is 28.2 Å². The number of benzene rings is 1. The van der Waals surface area contributed by atoms with E-state index in [2.05, 4.69) is 26.0 Å². The number of methoxy groups -OCH3 is 1. The molecule has 2 rings (SSSR count). The maximum Gasteiger partial charge on any atom is 0.337 e. The molecule has 16 heavy (non-hydrogen) atoms. The van der Waals surface area contributed by atoms with Gasteiger partial charge in [-0.05, 0) is 18.2 Å². The van der Waals surface area contributed by atoms with Gasteiger partial charge >= 0.3 is 5.97 Å². The molecule has 0 saturated carbocycles. The molecule has 1 saturated heterocycles. The summed E-state index contributed by atoms with van der Waals surface area (Å²) in [6, 6.07) is 5.76. The third-order valence-corrected chi connectivity index (χ3v) is 2.79. The topological polar surface area (TPSA) is 47.6 Å². The Bertz CT molecular complexity index is 404. The highest BCUT2D eigenvalue weighted by Gasteiger charge is 2.18. The lowest BCUT2D eigenvalue weighted by molar-refractivity contribution is 0.0211. The first-order chi connectivity index (χ1) is 7.69. The molecule has 1 aliphatic rings. The third-order valence-electron chi connectivity index (χ3n) is 2.33. The average Bonchev–Trinajstić information content (AvgIpc) is 2.21. The van der Waals surface area contributed by atoms with Crippen LogP contribution in [0.3, 0.4) is 0 Å². The lowest BCUT2D eigenvalue weighted by atomic mass is 10.1. The minimum Gasteiger partial charge on any atom is -0.465 e. The molecule has 0 radical (unpaired) electrons. The van der Waals surface area contributed by atoms with Gasteiger partial charge in [0.2, 0.25) is 0 Å². The van der Waals surface area contributed by atoms with E-state index in [1.807, 2.05) is 6.07 Å². The van der Waals surface area contributed by atoms with Crippen LogP contribution in [-0.2, 0) is 9.47 Å². The van der Waals surface area contributed by atoms with Crippen LogP contribution in [0.1, 0.15) is 10.4 Å². The predicted molar refractivity (Wildman–Crippen MR) is 63.7 cm³/mol. The van der Waals surface area contributed by atoms with Crippen LogP contribution in [0.15, 0.2) is 22.7 Å². The minimum absolute atomic E-state index is 0.333. The van der Waals surface area contributed by atoms with E-state index >= 15 is 0 Å². The second kappa shape index (κ2) is 4.84. The van der Waals surface area contributed by atoms with Crippen molar-refractivity contribution < 1.29 is 14.3 Å². The molecule has 0 bridgehead atoms. The van der Waals surface area contributed by atoms with E-state index in [1.54, 1.807) is 12.1 Å². The van der Waals surface area contributed by atoms with Crippen molar-refractivity contribution in [3.63, 3.8) is 0 Å². The Morgan fingerprint density at radius 3 is 2.81 bits per heavy atom. The summed E-state index contributed by atoms with van der Waals surface area (Å²) < 4.78 is 10.6. The summed E-state index contributed by atoms with van der Waals surface area (Å²) in [4.78, 5) is 11.4. The van der Waals surface area contributed by atoms with Gasteiger partial charge in [-0.15, -0.1) is 0 Å². The number of halogens is 1. The van der Waals surface area contributed by atoms with Gasteiger partial charge in [-0.2, -0.15) is 0 Å². The van der Waals surface area contributed by atoms with Crippen molar-refractivity contribution in [2.24, 2.45) is 0 Å². The first-order valence-electron chi connectivity index (χ1n) is 4.92. The summed E-state index contributed by atoms with van der Waals surface area (Å²) in [7, 11) is 1.37. The zero-order valence-electron chi connectivity index (χ0n) is 8.83. The Morgan fingerprint density at radius 2 is 2.25 bits per heavy atom. The van der Waals surface area contributed by atoms with Gasteiger partial charge in [-0.1, -0.05) is 15.9 Å². The highest BCUT2D eigenvalue weighted by Crippen LogP contribution is 2.22. The van der Waals surface area contributed by atoms with Crippen molar-refractivity contribution in [2.45, 2.75) is 6.04 Å². The maximum absolute atomic E-state index is 11.4. The van der Waals surface area contributed by atoms with Gasteiger partial charge in [-0.3, -0.25) is 0 Å². The normalized spacial score (nSPS) is 15.4. The average molecular weight is 286 g/mol. The van der Waals surface area contributed by atoms with Crippen LogP contribution in [0.5, 0.6) is 0 Å². The number of hydrogen-bond donors (Lipinski definition) is 1. The van der Waals surface area contributed by atoms with Gasteiger partial charge in [-0.25, -0.2) is 4.79 Å². The molecule has 1 aromatic rings. The predicted octanol–water partition coefficient (Wildman–Crippen LogP) is 2.05. The molecule has 1 aliphatic heterocycles.